The highest BCUT2D eigenvalue weighted by Crippen LogP contribution is 2.38. The van der Waals surface area contributed by atoms with E-state index in [1.54, 1.807) is 0 Å². The Morgan fingerprint density at radius 2 is 2.00 bits per heavy atom. The number of fused-ring (bicyclic) bond motifs is 1. The van der Waals surface area contributed by atoms with Gasteiger partial charge >= 0.3 is 0 Å². The molecule has 15 heavy (non-hydrogen) atoms. The van der Waals surface area contributed by atoms with Crippen molar-refractivity contribution in [3.63, 3.8) is 0 Å². The zero-order valence-electron chi connectivity index (χ0n) is 8.01. The number of benzene rings is 1. The molecule has 0 aliphatic carbocycles. The van der Waals surface area contributed by atoms with Gasteiger partial charge in [-0.25, -0.2) is 8.42 Å². The van der Waals surface area contributed by atoms with Crippen LogP contribution in [-0.4, -0.2) is 24.7 Å². The van der Waals surface area contributed by atoms with Gasteiger partial charge in [-0.1, -0.05) is 6.07 Å². The zero-order chi connectivity index (χ0) is 11.2. The van der Waals surface area contributed by atoms with E-state index in [0.717, 1.165) is 0 Å². The van der Waals surface area contributed by atoms with E-state index in [9.17, 15) is 18.6 Å². The molecule has 1 heterocycles. The molecule has 1 aliphatic rings. The lowest BCUT2D eigenvalue weighted by molar-refractivity contribution is 0.240. The fourth-order valence-electron chi connectivity index (χ4n) is 1.60. The maximum atomic E-state index is 11.8. The first-order valence-corrected chi connectivity index (χ1v) is 5.89. The number of aliphatic hydroxyl groups excluding tert-OH is 1. The molecule has 5 heteroatoms. The average molecular weight is 226 g/mol. The van der Waals surface area contributed by atoms with Crippen LogP contribution in [0.3, 0.4) is 0 Å². The monoisotopic (exact) mass is 226 g/mol. The van der Waals surface area contributed by atoms with Crippen molar-refractivity contribution in [1.82, 2.24) is 0 Å². The van der Waals surface area contributed by atoms with E-state index in [2.05, 4.69) is 0 Å². The first-order chi connectivity index (χ1) is 6.94. The largest absolute Gasteiger partial charge is 0.507 e. The second kappa shape index (κ2) is 3.08. The van der Waals surface area contributed by atoms with Crippen LogP contribution in [0.15, 0.2) is 28.0 Å². The van der Waals surface area contributed by atoms with Crippen LogP contribution in [0, 0.1) is 0 Å². The van der Waals surface area contributed by atoms with E-state index in [1.807, 2.05) is 0 Å². The highest BCUT2D eigenvalue weighted by atomic mass is 32.2. The van der Waals surface area contributed by atoms with Crippen molar-refractivity contribution in [3.8, 4) is 5.75 Å². The van der Waals surface area contributed by atoms with Gasteiger partial charge in [-0.05, 0) is 25.1 Å². The second-order valence-corrected chi connectivity index (χ2v) is 5.33. The third-order valence-electron chi connectivity index (χ3n) is 2.34. The number of hydrogen-bond acceptors (Lipinski definition) is 4. The van der Waals surface area contributed by atoms with Gasteiger partial charge in [0.05, 0.1) is 15.9 Å². The van der Waals surface area contributed by atoms with Crippen LogP contribution in [0.4, 0.5) is 0 Å². The number of sulfone groups is 1. The van der Waals surface area contributed by atoms with Crippen molar-refractivity contribution in [2.24, 2.45) is 0 Å². The van der Waals surface area contributed by atoms with Gasteiger partial charge in [0, 0.05) is 5.56 Å². The lowest BCUT2D eigenvalue weighted by Gasteiger charge is -2.05. The van der Waals surface area contributed by atoms with Crippen molar-refractivity contribution < 1.29 is 18.6 Å². The van der Waals surface area contributed by atoms with Gasteiger partial charge in [0.2, 0.25) is 9.84 Å². The van der Waals surface area contributed by atoms with Crippen LogP contribution in [0.2, 0.25) is 0 Å². The summed E-state index contributed by atoms with van der Waals surface area (Å²) in [6, 6.07) is 4.29. The molecule has 0 aromatic heterocycles. The van der Waals surface area contributed by atoms with Crippen LogP contribution in [0.25, 0.3) is 6.08 Å². The van der Waals surface area contributed by atoms with Crippen molar-refractivity contribution in [2.75, 3.05) is 0 Å². The van der Waals surface area contributed by atoms with Crippen LogP contribution in [0.5, 0.6) is 5.75 Å². The summed E-state index contributed by atoms with van der Waals surface area (Å²) < 4.78 is 23.7. The molecule has 1 aromatic rings. The molecule has 0 saturated heterocycles. The summed E-state index contributed by atoms with van der Waals surface area (Å²) in [4.78, 5) is -0.0163. The molecule has 2 rings (SSSR count). The summed E-state index contributed by atoms with van der Waals surface area (Å²) in [6.45, 7) is 1.38. The molecule has 80 valence electrons. The fraction of sp³-hybridized carbons (Fsp3) is 0.200. The van der Waals surface area contributed by atoms with Gasteiger partial charge < -0.3 is 10.2 Å². The Labute approximate surface area is 87.4 Å². The van der Waals surface area contributed by atoms with E-state index in [1.165, 1.54) is 31.2 Å². The van der Waals surface area contributed by atoms with Crippen molar-refractivity contribution >= 4 is 15.9 Å². The molecule has 1 unspecified atom stereocenters. The van der Waals surface area contributed by atoms with Gasteiger partial charge in [-0.15, -0.1) is 0 Å². The van der Waals surface area contributed by atoms with Gasteiger partial charge in [0.25, 0.3) is 0 Å². The normalized spacial score (nSPS) is 19.5. The Bertz CT molecular complexity index is 541. The van der Waals surface area contributed by atoms with E-state index in [-0.39, 0.29) is 21.1 Å². The van der Waals surface area contributed by atoms with Gasteiger partial charge in [-0.3, -0.25) is 0 Å². The summed E-state index contributed by atoms with van der Waals surface area (Å²) in [5.74, 6) is -0.0910. The predicted octanol–water partition coefficient (Wildman–Crippen LogP) is 0.901. The third kappa shape index (κ3) is 1.35. The van der Waals surface area contributed by atoms with E-state index in [0.29, 0.717) is 0 Å². The SMILES string of the molecule is CC(O)C1=Cc2c(O)cccc2S1(=O)=O. The van der Waals surface area contributed by atoms with Gasteiger partial charge in [0.1, 0.15) is 5.75 Å². The molecule has 1 aromatic carbocycles. The lowest BCUT2D eigenvalue weighted by Crippen LogP contribution is -2.11. The molecule has 0 bridgehead atoms. The third-order valence-corrected chi connectivity index (χ3v) is 4.36. The van der Waals surface area contributed by atoms with Gasteiger partial charge in [-0.2, -0.15) is 0 Å². The minimum atomic E-state index is -3.62. The standard InChI is InChI=1S/C10H10O4S/c1-6(11)10-5-7-8(12)3-2-4-9(7)15(10,13)14/h2-6,11-12H,1H3. The number of phenols is 1. The van der Waals surface area contributed by atoms with Gasteiger partial charge in [0.15, 0.2) is 0 Å². The molecule has 1 atom stereocenters. The number of phenolic OH excluding ortho intramolecular Hbond substituents is 1. The summed E-state index contributed by atoms with van der Waals surface area (Å²) >= 11 is 0. The second-order valence-electron chi connectivity index (χ2n) is 3.42. The Kier molecular flexibility index (Phi) is 2.09. The van der Waals surface area contributed by atoms with Crippen LogP contribution in [-0.2, 0) is 9.84 Å². The minimum Gasteiger partial charge on any atom is -0.507 e. The topological polar surface area (TPSA) is 74.6 Å². The van der Waals surface area contributed by atoms with Crippen molar-refractivity contribution in [2.45, 2.75) is 17.9 Å². The van der Waals surface area contributed by atoms with Crippen LogP contribution >= 0.6 is 0 Å². The van der Waals surface area contributed by atoms with Crippen molar-refractivity contribution in [1.29, 1.82) is 0 Å². The first-order valence-electron chi connectivity index (χ1n) is 4.41. The number of aromatic hydroxyl groups is 1. The minimum absolute atomic E-state index is 0.0541. The van der Waals surface area contributed by atoms with Crippen LogP contribution < -0.4 is 0 Å². The summed E-state index contributed by atoms with van der Waals surface area (Å²) in [7, 11) is -3.62. The molecule has 0 amide bonds. The molecule has 4 nitrogen and oxygen atoms in total. The molecular formula is C10H10O4S. The Morgan fingerprint density at radius 1 is 1.33 bits per heavy atom. The van der Waals surface area contributed by atoms with E-state index < -0.39 is 15.9 Å². The molecule has 2 N–H and O–H groups in total. The molecule has 0 fully saturated rings. The predicted molar refractivity (Wildman–Crippen MR) is 55.0 cm³/mol. The molecular weight excluding hydrogens is 216 g/mol. The Hall–Kier alpha value is -1.33. The summed E-state index contributed by atoms with van der Waals surface area (Å²) in [5.41, 5.74) is 0.258. The zero-order valence-corrected chi connectivity index (χ0v) is 8.82. The molecule has 0 saturated carbocycles. The maximum Gasteiger partial charge on any atom is 0.206 e. The smallest absolute Gasteiger partial charge is 0.206 e. The highest BCUT2D eigenvalue weighted by molar-refractivity contribution is 7.96. The average Bonchev–Trinajstić information content (AvgIpc) is 2.40. The van der Waals surface area contributed by atoms with E-state index >= 15 is 0 Å². The maximum absolute atomic E-state index is 11.8. The van der Waals surface area contributed by atoms with Crippen LogP contribution in [0.1, 0.15) is 12.5 Å². The molecule has 0 spiro atoms. The number of hydrogen-bond donors (Lipinski definition) is 2. The Morgan fingerprint density at radius 3 is 2.53 bits per heavy atom. The molecule has 0 radical (unpaired) electrons. The Balaban J connectivity index is 2.75. The summed E-state index contributed by atoms with van der Waals surface area (Å²) in [5, 5.41) is 18.8. The summed E-state index contributed by atoms with van der Waals surface area (Å²) in [6.07, 6.45) is 0.242. The number of rotatable bonds is 1. The highest BCUT2D eigenvalue weighted by Gasteiger charge is 2.33. The quantitative estimate of drug-likeness (QED) is 0.746. The molecule has 1 aliphatic heterocycles. The first kappa shape index (κ1) is 10.2. The number of aliphatic hydroxyl groups is 1. The van der Waals surface area contributed by atoms with E-state index in [4.69, 9.17) is 0 Å². The lowest BCUT2D eigenvalue weighted by atomic mass is 10.2. The fourth-order valence-corrected chi connectivity index (χ4v) is 3.29. The van der Waals surface area contributed by atoms with Crippen molar-refractivity contribution in [3.05, 3.63) is 28.7 Å².